The summed E-state index contributed by atoms with van der Waals surface area (Å²) in [4.78, 5) is 4.48. The second-order valence-corrected chi connectivity index (χ2v) is 5.74. The molecule has 1 aromatic heterocycles. The summed E-state index contributed by atoms with van der Waals surface area (Å²) in [7, 11) is 1.66. The molecule has 1 heterocycles. The van der Waals surface area contributed by atoms with E-state index in [1.165, 1.54) is 16.6 Å². The van der Waals surface area contributed by atoms with Gasteiger partial charge in [0, 0.05) is 6.54 Å². The van der Waals surface area contributed by atoms with Crippen LogP contribution < -0.4 is 9.47 Å². The van der Waals surface area contributed by atoms with Crippen molar-refractivity contribution in [3.63, 3.8) is 0 Å². The van der Waals surface area contributed by atoms with Gasteiger partial charge in [-0.05, 0) is 67.8 Å². The fourth-order valence-electron chi connectivity index (χ4n) is 2.59. The van der Waals surface area contributed by atoms with Crippen molar-refractivity contribution in [3.8, 4) is 11.5 Å². The maximum absolute atomic E-state index is 5.77. The highest BCUT2D eigenvalue weighted by Gasteiger charge is 2.05. The molecule has 23 heavy (non-hydrogen) atoms. The Labute approximate surface area is 136 Å². The minimum Gasteiger partial charge on any atom is -0.497 e. The molecule has 0 unspecified atom stereocenters. The summed E-state index contributed by atoms with van der Waals surface area (Å²) in [5.41, 5.74) is 4.83. The first-order valence-corrected chi connectivity index (χ1v) is 7.86. The van der Waals surface area contributed by atoms with Crippen molar-refractivity contribution >= 4 is 11.0 Å². The lowest BCUT2D eigenvalue weighted by Crippen LogP contribution is -2.04. The Morgan fingerprint density at radius 3 is 2.43 bits per heavy atom. The van der Waals surface area contributed by atoms with Crippen LogP contribution in [0.2, 0.25) is 0 Å². The molecule has 0 radical (unpaired) electrons. The lowest BCUT2D eigenvalue weighted by atomic mass is 10.1. The smallest absolute Gasteiger partial charge is 0.119 e. The number of aromatic nitrogens is 2. The van der Waals surface area contributed by atoms with Crippen molar-refractivity contribution in [2.75, 3.05) is 13.7 Å². The van der Waals surface area contributed by atoms with Gasteiger partial charge in [0.2, 0.25) is 0 Å². The Morgan fingerprint density at radius 1 is 1.00 bits per heavy atom. The second-order valence-electron chi connectivity index (χ2n) is 5.74. The molecule has 0 fully saturated rings. The second kappa shape index (κ2) is 6.73. The van der Waals surface area contributed by atoms with Crippen molar-refractivity contribution in [2.45, 2.75) is 26.8 Å². The quantitative estimate of drug-likeness (QED) is 0.642. The first-order chi connectivity index (χ1) is 11.2. The molecule has 0 aliphatic carbocycles. The Balaban J connectivity index is 1.57. The number of hydrogen-bond acceptors (Lipinski definition) is 3. The molecule has 0 bridgehead atoms. The minimum absolute atomic E-state index is 0.677. The van der Waals surface area contributed by atoms with Crippen molar-refractivity contribution in [1.82, 2.24) is 9.55 Å². The van der Waals surface area contributed by atoms with Crippen LogP contribution in [0.3, 0.4) is 0 Å². The Hall–Kier alpha value is -2.49. The van der Waals surface area contributed by atoms with E-state index < -0.39 is 0 Å². The third-order valence-corrected chi connectivity index (χ3v) is 4.11. The third-order valence-electron chi connectivity index (χ3n) is 4.11. The van der Waals surface area contributed by atoms with Crippen LogP contribution in [-0.2, 0) is 6.54 Å². The van der Waals surface area contributed by atoms with Gasteiger partial charge in [0.25, 0.3) is 0 Å². The van der Waals surface area contributed by atoms with Gasteiger partial charge in [-0.1, -0.05) is 0 Å². The van der Waals surface area contributed by atoms with Crippen LogP contribution in [0.5, 0.6) is 11.5 Å². The van der Waals surface area contributed by atoms with E-state index in [1.807, 2.05) is 30.6 Å². The zero-order valence-electron chi connectivity index (χ0n) is 13.9. The molecule has 0 atom stereocenters. The molecule has 0 aliphatic heterocycles. The number of methoxy groups -OCH3 is 1. The molecule has 3 rings (SSSR count). The molecule has 3 aromatic rings. The molecular weight excluding hydrogens is 288 g/mol. The summed E-state index contributed by atoms with van der Waals surface area (Å²) in [6.45, 7) is 5.83. The van der Waals surface area contributed by atoms with Crippen LogP contribution in [0.4, 0.5) is 0 Å². The normalized spacial score (nSPS) is 10.9. The van der Waals surface area contributed by atoms with Crippen LogP contribution in [0.15, 0.2) is 42.7 Å². The number of nitrogens with zero attached hydrogens (tertiary/aromatic N) is 2. The van der Waals surface area contributed by atoms with Crippen molar-refractivity contribution in [2.24, 2.45) is 0 Å². The van der Waals surface area contributed by atoms with Gasteiger partial charge >= 0.3 is 0 Å². The molecule has 2 aromatic carbocycles. The maximum atomic E-state index is 5.77. The van der Waals surface area contributed by atoms with Gasteiger partial charge in [0.15, 0.2) is 0 Å². The first-order valence-electron chi connectivity index (χ1n) is 7.86. The SMILES string of the molecule is COc1ccc(OCCCn2cnc3cc(C)c(C)cc32)cc1. The van der Waals surface area contributed by atoms with Crippen molar-refractivity contribution < 1.29 is 9.47 Å². The predicted molar refractivity (Wildman–Crippen MR) is 92.3 cm³/mol. The Kier molecular flexibility index (Phi) is 4.51. The maximum Gasteiger partial charge on any atom is 0.119 e. The standard InChI is InChI=1S/C19H22N2O2/c1-14-11-18-19(12-15(14)2)21(13-20-18)9-4-10-23-17-7-5-16(22-3)6-8-17/h5-8,11-13H,4,9-10H2,1-3H3. The summed E-state index contributed by atoms with van der Waals surface area (Å²) in [5, 5.41) is 0. The fraction of sp³-hybridized carbons (Fsp3) is 0.316. The van der Waals surface area contributed by atoms with E-state index in [4.69, 9.17) is 9.47 Å². The zero-order chi connectivity index (χ0) is 16.2. The molecule has 0 N–H and O–H groups in total. The van der Waals surface area contributed by atoms with Gasteiger partial charge in [-0.15, -0.1) is 0 Å². The van der Waals surface area contributed by atoms with E-state index >= 15 is 0 Å². The molecule has 0 saturated carbocycles. The molecule has 0 spiro atoms. The zero-order valence-corrected chi connectivity index (χ0v) is 13.9. The van der Waals surface area contributed by atoms with E-state index in [1.54, 1.807) is 7.11 Å². The average Bonchev–Trinajstić information content (AvgIpc) is 2.94. The lowest BCUT2D eigenvalue weighted by molar-refractivity contribution is 0.302. The average molecular weight is 310 g/mol. The third kappa shape index (κ3) is 3.47. The van der Waals surface area contributed by atoms with Crippen LogP contribution in [-0.4, -0.2) is 23.3 Å². The predicted octanol–water partition coefficient (Wildman–Crippen LogP) is 4.13. The van der Waals surface area contributed by atoms with Crippen LogP contribution in [0, 0.1) is 13.8 Å². The van der Waals surface area contributed by atoms with Gasteiger partial charge in [-0.3, -0.25) is 0 Å². The number of hydrogen-bond donors (Lipinski definition) is 0. The summed E-state index contributed by atoms with van der Waals surface area (Å²) in [6, 6.07) is 12.0. The van der Waals surface area contributed by atoms with Crippen molar-refractivity contribution in [3.05, 3.63) is 53.9 Å². The number of ether oxygens (including phenoxy) is 2. The summed E-state index contributed by atoms with van der Waals surface area (Å²) in [6.07, 6.45) is 2.85. The fourth-order valence-corrected chi connectivity index (χ4v) is 2.59. The number of benzene rings is 2. The number of fused-ring (bicyclic) bond motifs is 1. The number of aryl methyl sites for hydroxylation is 3. The minimum atomic E-state index is 0.677. The monoisotopic (exact) mass is 310 g/mol. The first kappa shape index (κ1) is 15.4. The van der Waals surface area contributed by atoms with Crippen LogP contribution in [0.1, 0.15) is 17.5 Å². The van der Waals surface area contributed by atoms with E-state index in [2.05, 4.69) is 35.5 Å². The van der Waals surface area contributed by atoms with E-state index in [-0.39, 0.29) is 0 Å². The highest BCUT2D eigenvalue weighted by molar-refractivity contribution is 5.77. The Morgan fingerprint density at radius 2 is 1.70 bits per heavy atom. The summed E-state index contributed by atoms with van der Waals surface area (Å²) >= 11 is 0. The highest BCUT2D eigenvalue weighted by Crippen LogP contribution is 2.19. The molecular formula is C19H22N2O2. The largest absolute Gasteiger partial charge is 0.497 e. The van der Waals surface area contributed by atoms with Crippen LogP contribution in [0.25, 0.3) is 11.0 Å². The van der Waals surface area contributed by atoms with E-state index in [0.717, 1.165) is 30.0 Å². The number of imidazole rings is 1. The van der Waals surface area contributed by atoms with Gasteiger partial charge in [-0.25, -0.2) is 4.98 Å². The molecule has 0 saturated heterocycles. The summed E-state index contributed by atoms with van der Waals surface area (Å²) < 4.78 is 13.1. The molecule has 0 amide bonds. The van der Waals surface area contributed by atoms with E-state index in [9.17, 15) is 0 Å². The lowest BCUT2D eigenvalue weighted by Gasteiger charge is -2.08. The molecule has 4 heteroatoms. The molecule has 4 nitrogen and oxygen atoms in total. The van der Waals surface area contributed by atoms with Gasteiger partial charge in [-0.2, -0.15) is 0 Å². The highest BCUT2D eigenvalue weighted by atomic mass is 16.5. The van der Waals surface area contributed by atoms with Crippen molar-refractivity contribution in [1.29, 1.82) is 0 Å². The van der Waals surface area contributed by atoms with Crippen LogP contribution >= 0.6 is 0 Å². The van der Waals surface area contributed by atoms with Gasteiger partial charge in [0.1, 0.15) is 11.5 Å². The van der Waals surface area contributed by atoms with Gasteiger partial charge in [0.05, 0.1) is 31.1 Å². The topological polar surface area (TPSA) is 36.3 Å². The van der Waals surface area contributed by atoms with E-state index in [0.29, 0.717) is 6.61 Å². The Bertz CT molecular complexity index is 791. The summed E-state index contributed by atoms with van der Waals surface area (Å²) in [5.74, 6) is 1.71. The number of rotatable bonds is 6. The van der Waals surface area contributed by atoms with Gasteiger partial charge < -0.3 is 14.0 Å². The molecule has 120 valence electrons. The molecule has 0 aliphatic rings.